The monoisotopic (exact) mass is 144 g/mol. The summed E-state index contributed by atoms with van der Waals surface area (Å²) in [4.78, 5) is 10.3. The number of amides is 1. The van der Waals surface area contributed by atoms with Crippen LogP contribution in [0, 0.1) is 6.08 Å². The van der Waals surface area contributed by atoms with Crippen molar-refractivity contribution >= 4 is 23.7 Å². The molecule has 0 aliphatic rings. The number of carbonyl (C=O) groups is 1. The van der Waals surface area contributed by atoms with Gasteiger partial charge in [-0.2, -0.15) is 0 Å². The predicted octanol–water partition coefficient (Wildman–Crippen LogP) is 0.0231. The number of hydrogen-bond acceptors (Lipinski definition) is 3. The molecule has 0 aliphatic heterocycles. The topological polar surface area (TPSA) is 38.3 Å². The van der Waals surface area contributed by atoms with Gasteiger partial charge in [-0.15, -0.1) is 0 Å². The van der Waals surface area contributed by atoms with Crippen molar-refractivity contribution in [3.63, 3.8) is 0 Å². The van der Waals surface area contributed by atoms with Crippen LogP contribution in [0.15, 0.2) is 6.26 Å². The smallest absolute Gasteiger partial charge is 0.255 e. The van der Waals surface area contributed by atoms with Gasteiger partial charge >= 0.3 is 0 Å². The number of carbonyl (C=O) groups excluding carboxylic acids is 1. The molecule has 0 aromatic carbocycles. The average Bonchev–Trinajstić information content (AvgIpc) is 1.89. The molecule has 0 atom stereocenters. The van der Waals surface area contributed by atoms with Gasteiger partial charge in [0.25, 0.3) is 5.91 Å². The lowest BCUT2D eigenvalue weighted by molar-refractivity contribution is -0.116. The van der Waals surface area contributed by atoms with Gasteiger partial charge in [-0.05, 0) is 12.2 Å². The molecule has 0 saturated carbocycles. The highest BCUT2D eigenvalue weighted by molar-refractivity contribution is 7.78. The van der Waals surface area contributed by atoms with Gasteiger partial charge in [0, 0.05) is 7.05 Å². The third-order valence-electron chi connectivity index (χ3n) is 0.541. The van der Waals surface area contributed by atoms with Gasteiger partial charge in [0.2, 0.25) is 0 Å². The second-order valence-electron chi connectivity index (χ2n) is 1.07. The number of rotatable bonds is 3. The minimum absolute atomic E-state index is 0.341. The summed E-state index contributed by atoms with van der Waals surface area (Å²) < 4.78 is 4.40. The normalized spacial score (nSPS) is 9.00. The summed E-state index contributed by atoms with van der Waals surface area (Å²) in [6.45, 7) is 0. The molecule has 0 aromatic heterocycles. The van der Waals surface area contributed by atoms with Crippen molar-refractivity contribution in [3.8, 4) is 0 Å². The first-order valence-corrected chi connectivity index (χ1v) is 2.67. The van der Waals surface area contributed by atoms with E-state index in [-0.39, 0.29) is 5.91 Å². The predicted molar refractivity (Wildman–Crippen MR) is 36.6 cm³/mol. The van der Waals surface area contributed by atoms with Crippen molar-refractivity contribution in [2.45, 2.75) is 0 Å². The highest BCUT2D eigenvalue weighted by Crippen LogP contribution is 1.71. The summed E-state index contributed by atoms with van der Waals surface area (Å²) in [5, 5.41) is 2.31. The van der Waals surface area contributed by atoms with Crippen LogP contribution in [0.25, 0.3) is 0 Å². The number of nitrogens with one attached hydrogen (secondary N) is 1. The summed E-state index contributed by atoms with van der Waals surface area (Å²) in [7, 11) is 1.50. The Labute approximate surface area is 58.7 Å². The summed E-state index contributed by atoms with van der Waals surface area (Å²) in [6, 6.07) is 0. The van der Waals surface area contributed by atoms with Gasteiger partial charge in [-0.25, -0.2) is 0 Å². The van der Waals surface area contributed by atoms with Crippen LogP contribution in [-0.4, -0.2) is 18.5 Å². The molecule has 4 heteroatoms. The lowest BCUT2D eigenvalue weighted by Crippen LogP contribution is -2.14. The SMILES string of the molecule is CNC(=O)/[C]=C/OC=S. The summed E-state index contributed by atoms with van der Waals surface area (Å²) in [5.74, 6) is -0.341. The Kier molecular flexibility index (Phi) is 4.72. The molecule has 9 heavy (non-hydrogen) atoms. The van der Waals surface area contributed by atoms with Crippen LogP contribution in [0.4, 0.5) is 0 Å². The van der Waals surface area contributed by atoms with Crippen LogP contribution in [0.3, 0.4) is 0 Å². The number of ether oxygens (including phenoxy) is 1. The van der Waals surface area contributed by atoms with E-state index in [4.69, 9.17) is 0 Å². The van der Waals surface area contributed by atoms with Crippen LogP contribution in [-0.2, 0) is 9.53 Å². The van der Waals surface area contributed by atoms with Crippen molar-refractivity contribution in [1.82, 2.24) is 5.32 Å². The van der Waals surface area contributed by atoms with Gasteiger partial charge in [0.1, 0.15) is 6.26 Å². The zero-order valence-corrected chi connectivity index (χ0v) is 5.70. The average molecular weight is 144 g/mol. The van der Waals surface area contributed by atoms with E-state index in [2.05, 4.69) is 28.3 Å². The second kappa shape index (κ2) is 5.24. The molecule has 0 spiro atoms. The maximum atomic E-state index is 10.3. The molecule has 0 unspecified atom stereocenters. The fourth-order valence-corrected chi connectivity index (χ4v) is 0.243. The molecule has 1 N–H and O–H groups in total. The van der Waals surface area contributed by atoms with Crippen molar-refractivity contribution in [3.05, 3.63) is 12.3 Å². The summed E-state index contributed by atoms with van der Waals surface area (Å²) in [5.41, 5.74) is 1.04. The highest BCUT2D eigenvalue weighted by atomic mass is 32.1. The first kappa shape index (κ1) is 8.10. The number of thiocarbonyl (C=S) groups is 1. The fourth-order valence-electron chi connectivity index (χ4n) is 0.187. The zero-order valence-electron chi connectivity index (χ0n) is 4.88. The Morgan fingerprint density at radius 1 is 1.89 bits per heavy atom. The molecule has 0 fully saturated rings. The molecule has 0 aromatic rings. The van der Waals surface area contributed by atoms with E-state index in [1.165, 1.54) is 7.05 Å². The highest BCUT2D eigenvalue weighted by Gasteiger charge is 1.85. The molecule has 0 heterocycles. The van der Waals surface area contributed by atoms with Gasteiger partial charge in [0.05, 0.1) is 6.08 Å². The van der Waals surface area contributed by atoms with Gasteiger partial charge in [0.15, 0.2) is 5.55 Å². The second-order valence-corrected chi connectivity index (χ2v) is 1.27. The van der Waals surface area contributed by atoms with E-state index < -0.39 is 0 Å². The van der Waals surface area contributed by atoms with Crippen LogP contribution in [0.2, 0.25) is 0 Å². The molecule has 0 rings (SSSR count). The molecule has 3 nitrogen and oxygen atoms in total. The van der Waals surface area contributed by atoms with Crippen LogP contribution < -0.4 is 5.32 Å². The first-order valence-electron chi connectivity index (χ1n) is 2.20. The molecular formula is C5H6NO2S. The minimum Gasteiger partial charge on any atom is -0.460 e. The first-order chi connectivity index (χ1) is 4.31. The number of likely N-dealkylation sites (N-methyl/N-ethyl adjacent to an activating group) is 1. The van der Waals surface area contributed by atoms with Crippen molar-refractivity contribution in [2.75, 3.05) is 7.05 Å². The Morgan fingerprint density at radius 2 is 2.56 bits per heavy atom. The Hall–Kier alpha value is -0.900. The van der Waals surface area contributed by atoms with E-state index >= 15 is 0 Å². The lowest BCUT2D eigenvalue weighted by Gasteiger charge is -1.86. The van der Waals surface area contributed by atoms with Crippen LogP contribution in [0.5, 0.6) is 0 Å². The van der Waals surface area contributed by atoms with Crippen molar-refractivity contribution in [1.29, 1.82) is 0 Å². The van der Waals surface area contributed by atoms with E-state index in [0.717, 1.165) is 11.8 Å². The van der Waals surface area contributed by atoms with Gasteiger partial charge < -0.3 is 10.1 Å². The Bertz CT molecular complexity index is 133. The van der Waals surface area contributed by atoms with Crippen LogP contribution in [0.1, 0.15) is 0 Å². The minimum atomic E-state index is -0.341. The standard InChI is InChI=1S/C5H6NO2S/c1-6-5(7)2-3-8-4-9/h3-4H,1H3,(H,6,7). The Morgan fingerprint density at radius 3 is 3.00 bits per heavy atom. The maximum Gasteiger partial charge on any atom is 0.255 e. The molecule has 0 bridgehead atoms. The van der Waals surface area contributed by atoms with Crippen molar-refractivity contribution in [2.24, 2.45) is 0 Å². The Balaban J connectivity index is 3.43. The van der Waals surface area contributed by atoms with E-state index in [1.54, 1.807) is 0 Å². The van der Waals surface area contributed by atoms with Crippen LogP contribution >= 0.6 is 12.2 Å². The van der Waals surface area contributed by atoms with E-state index in [0.29, 0.717) is 0 Å². The van der Waals surface area contributed by atoms with Crippen molar-refractivity contribution < 1.29 is 9.53 Å². The summed E-state index contributed by atoms with van der Waals surface area (Å²) >= 11 is 4.29. The van der Waals surface area contributed by atoms with Gasteiger partial charge in [-0.3, -0.25) is 4.79 Å². The largest absolute Gasteiger partial charge is 0.460 e. The zero-order chi connectivity index (χ0) is 7.11. The summed E-state index contributed by atoms with van der Waals surface area (Å²) in [6.07, 6.45) is 3.33. The quantitative estimate of drug-likeness (QED) is 0.345. The third kappa shape index (κ3) is 4.96. The number of hydrogen-bond donors (Lipinski definition) is 1. The molecule has 1 amide bonds. The molecular weight excluding hydrogens is 138 g/mol. The van der Waals surface area contributed by atoms with E-state index in [1.807, 2.05) is 0 Å². The fraction of sp³-hybridized carbons (Fsp3) is 0.200. The van der Waals surface area contributed by atoms with Gasteiger partial charge in [-0.1, -0.05) is 0 Å². The molecule has 1 radical (unpaired) electrons. The lowest BCUT2D eigenvalue weighted by atomic mass is 10.6. The molecule has 0 saturated heterocycles. The maximum absolute atomic E-state index is 10.3. The van der Waals surface area contributed by atoms with E-state index in [9.17, 15) is 4.79 Å². The molecule has 0 aliphatic carbocycles. The molecule has 49 valence electrons. The third-order valence-corrected chi connectivity index (χ3v) is 0.652.